The minimum absolute atomic E-state index is 0.741. The van der Waals surface area contributed by atoms with Crippen LogP contribution in [-0.4, -0.2) is 38.4 Å². The molecule has 0 amide bonds. The van der Waals surface area contributed by atoms with E-state index in [2.05, 4.69) is 28.5 Å². The number of thiophene rings is 1. The van der Waals surface area contributed by atoms with Gasteiger partial charge >= 0.3 is 0 Å². The summed E-state index contributed by atoms with van der Waals surface area (Å²) in [5, 5.41) is 4.36. The van der Waals surface area contributed by atoms with Crippen molar-refractivity contribution in [2.24, 2.45) is 0 Å². The monoisotopic (exact) mass is 326 g/mol. The molecule has 5 heteroatoms. The van der Waals surface area contributed by atoms with Gasteiger partial charge < -0.3 is 14.4 Å². The lowest BCUT2D eigenvalue weighted by molar-refractivity contribution is 0.122. The number of fused-ring (bicyclic) bond motifs is 1. The van der Waals surface area contributed by atoms with E-state index < -0.39 is 0 Å². The Hall–Kier alpha value is -2.11. The number of nitrogens with zero attached hydrogens (tertiary/aromatic N) is 2. The van der Waals surface area contributed by atoms with E-state index in [-0.39, 0.29) is 0 Å². The molecule has 2 aromatic heterocycles. The van der Waals surface area contributed by atoms with Crippen molar-refractivity contribution in [3.05, 3.63) is 41.9 Å². The molecule has 1 aliphatic heterocycles. The molecule has 3 aromatic rings. The van der Waals surface area contributed by atoms with Crippen molar-refractivity contribution in [1.82, 2.24) is 4.98 Å². The molecule has 1 fully saturated rings. The van der Waals surface area contributed by atoms with E-state index in [1.165, 1.54) is 10.3 Å². The number of morpholine rings is 1. The van der Waals surface area contributed by atoms with Gasteiger partial charge in [-0.2, -0.15) is 0 Å². The first-order valence-electron chi connectivity index (χ1n) is 7.71. The predicted molar refractivity (Wildman–Crippen MR) is 94.6 cm³/mol. The molecular formula is C18H18N2O2S. The van der Waals surface area contributed by atoms with Crippen molar-refractivity contribution < 1.29 is 9.47 Å². The Balaban J connectivity index is 1.96. The Morgan fingerprint density at radius 1 is 1.17 bits per heavy atom. The Labute approximate surface area is 139 Å². The fraction of sp³-hybridized carbons (Fsp3) is 0.278. The summed E-state index contributed by atoms with van der Waals surface area (Å²) in [5.74, 6) is 1.86. The zero-order valence-corrected chi connectivity index (χ0v) is 13.8. The minimum atomic E-state index is 0.741. The number of anilines is 1. The average Bonchev–Trinajstić information content (AvgIpc) is 3.15. The Kier molecular flexibility index (Phi) is 3.89. The number of methoxy groups -OCH3 is 1. The second-order valence-corrected chi connectivity index (χ2v) is 6.40. The third kappa shape index (κ3) is 2.56. The number of pyridine rings is 1. The standard InChI is InChI=1S/C18H18N2O2S/c1-21-15-5-2-4-13-14(16-6-3-11-23-16)12-19-18(17(13)15)20-7-9-22-10-8-20/h2-6,11-12H,7-10H2,1H3. The first-order chi connectivity index (χ1) is 11.4. The van der Waals surface area contributed by atoms with Crippen molar-refractivity contribution in [3.63, 3.8) is 0 Å². The largest absolute Gasteiger partial charge is 0.496 e. The maximum Gasteiger partial charge on any atom is 0.140 e. The Morgan fingerprint density at radius 2 is 2.04 bits per heavy atom. The van der Waals surface area contributed by atoms with Crippen LogP contribution in [0.3, 0.4) is 0 Å². The van der Waals surface area contributed by atoms with Gasteiger partial charge in [0.05, 0.1) is 25.7 Å². The molecule has 0 radical (unpaired) electrons. The maximum atomic E-state index is 5.64. The van der Waals surface area contributed by atoms with Crippen LogP contribution in [0, 0.1) is 0 Å². The van der Waals surface area contributed by atoms with Crippen LogP contribution in [0.4, 0.5) is 5.82 Å². The Morgan fingerprint density at radius 3 is 2.78 bits per heavy atom. The second-order valence-electron chi connectivity index (χ2n) is 5.46. The molecule has 1 aliphatic rings. The quantitative estimate of drug-likeness (QED) is 0.733. The fourth-order valence-electron chi connectivity index (χ4n) is 3.06. The second kappa shape index (κ2) is 6.18. The number of rotatable bonds is 3. The van der Waals surface area contributed by atoms with Gasteiger partial charge in [-0.15, -0.1) is 11.3 Å². The third-order valence-corrected chi connectivity index (χ3v) is 5.08. The summed E-state index contributed by atoms with van der Waals surface area (Å²) in [4.78, 5) is 8.30. The van der Waals surface area contributed by atoms with Gasteiger partial charge in [0, 0.05) is 29.7 Å². The van der Waals surface area contributed by atoms with Gasteiger partial charge in [0.25, 0.3) is 0 Å². The lowest BCUT2D eigenvalue weighted by Gasteiger charge is -2.29. The van der Waals surface area contributed by atoms with Crippen LogP contribution in [0.15, 0.2) is 41.9 Å². The molecule has 0 bridgehead atoms. The van der Waals surface area contributed by atoms with Gasteiger partial charge in [-0.25, -0.2) is 4.98 Å². The lowest BCUT2D eigenvalue weighted by Crippen LogP contribution is -2.36. The smallest absolute Gasteiger partial charge is 0.140 e. The fourth-order valence-corrected chi connectivity index (χ4v) is 3.81. The molecule has 0 N–H and O–H groups in total. The topological polar surface area (TPSA) is 34.6 Å². The lowest BCUT2D eigenvalue weighted by atomic mass is 10.0. The van der Waals surface area contributed by atoms with E-state index in [0.717, 1.165) is 48.8 Å². The van der Waals surface area contributed by atoms with E-state index in [1.54, 1.807) is 18.4 Å². The molecule has 0 atom stereocenters. The molecule has 1 saturated heterocycles. The van der Waals surface area contributed by atoms with Crippen molar-refractivity contribution in [3.8, 4) is 16.2 Å². The third-order valence-electron chi connectivity index (χ3n) is 4.17. The number of aromatic nitrogens is 1. The first-order valence-corrected chi connectivity index (χ1v) is 8.59. The molecule has 23 heavy (non-hydrogen) atoms. The highest BCUT2D eigenvalue weighted by Gasteiger charge is 2.20. The molecule has 4 nitrogen and oxygen atoms in total. The highest BCUT2D eigenvalue weighted by Crippen LogP contribution is 2.39. The van der Waals surface area contributed by atoms with Gasteiger partial charge in [-0.3, -0.25) is 0 Å². The number of ether oxygens (including phenoxy) is 2. The molecule has 0 saturated carbocycles. The zero-order valence-electron chi connectivity index (χ0n) is 13.0. The summed E-state index contributed by atoms with van der Waals surface area (Å²) in [7, 11) is 1.72. The van der Waals surface area contributed by atoms with Gasteiger partial charge in [0.1, 0.15) is 11.6 Å². The van der Waals surface area contributed by atoms with Crippen LogP contribution in [0.2, 0.25) is 0 Å². The van der Waals surface area contributed by atoms with Gasteiger partial charge in [-0.05, 0) is 22.9 Å². The maximum absolute atomic E-state index is 5.64. The van der Waals surface area contributed by atoms with E-state index >= 15 is 0 Å². The predicted octanol–water partition coefficient (Wildman–Crippen LogP) is 3.81. The number of hydrogen-bond acceptors (Lipinski definition) is 5. The van der Waals surface area contributed by atoms with Crippen LogP contribution >= 0.6 is 11.3 Å². The molecule has 3 heterocycles. The van der Waals surface area contributed by atoms with E-state index in [1.807, 2.05) is 18.3 Å². The van der Waals surface area contributed by atoms with Gasteiger partial charge in [0.15, 0.2) is 0 Å². The van der Waals surface area contributed by atoms with Crippen molar-refractivity contribution in [2.75, 3.05) is 38.3 Å². The van der Waals surface area contributed by atoms with E-state index in [0.29, 0.717) is 0 Å². The van der Waals surface area contributed by atoms with Crippen LogP contribution in [0.25, 0.3) is 21.2 Å². The average molecular weight is 326 g/mol. The first kappa shape index (κ1) is 14.5. The zero-order chi connectivity index (χ0) is 15.6. The number of benzene rings is 1. The summed E-state index contributed by atoms with van der Waals surface area (Å²) in [6, 6.07) is 10.4. The van der Waals surface area contributed by atoms with Gasteiger partial charge in [0.2, 0.25) is 0 Å². The summed E-state index contributed by atoms with van der Waals surface area (Å²) >= 11 is 1.73. The summed E-state index contributed by atoms with van der Waals surface area (Å²) in [6.07, 6.45) is 1.98. The van der Waals surface area contributed by atoms with Crippen molar-refractivity contribution in [1.29, 1.82) is 0 Å². The van der Waals surface area contributed by atoms with Crippen LogP contribution in [-0.2, 0) is 4.74 Å². The van der Waals surface area contributed by atoms with Gasteiger partial charge in [-0.1, -0.05) is 18.2 Å². The minimum Gasteiger partial charge on any atom is -0.496 e. The molecule has 4 rings (SSSR count). The van der Waals surface area contributed by atoms with Crippen molar-refractivity contribution >= 4 is 27.9 Å². The normalized spacial score (nSPS) is 15.1. The molecule has 118 valence electrons. The number of hydrogen-bond donors (Lipinski definition) is 0. The molecule has 0 aliphatic carbocycles. The highest BCUT2D eigenvalue weighted by atomic mass is 32.1. The summed E-state index contributed by atoms with van der Waals surface area (Å²) in [5.41, 5.74) is 1.16. The van der Waals surface area contributed by atoms with Crippen LogP contribution in [0.5, 0.6) is 5.75 Å². The molecule has 0 spiro atoms. The van der Waals surface area contributed by atoms with Crippen LogP contribution in [0.1, 0.15) is 0 Å². The van der Waals surface area contributed by atoms with Crippen LogP contribution < -0.4 is 9.64 Å². The highest BCUT2D eigenvalue weighted by molar-refractivity contribution is 7.13. The molecular weight excluding hydrogens is 308 g/mol. The molecule has 0 unspecified atom stereocenters. The van der Waals surface area contributed by atoms with Crippen molar-refractivity contribution in [2.45, 2.75) is 0 Å². The molecule has 1 aromatic carbocycles. The summed E-state index contributed by atoms with van der Waals surface area (Å²) < 4.78 is 11.1. The Bertz CT molecular complexity index is 811. The SMILES string of the molecule is COc1cccc2c(-c3cccs3)cnc(N3CCOCC3)c12. The van der Waals surface area contributed by atoms with E-state index in [4.69, 9.17) is 14.5 Å². The summed E-state index contributed by atoms with van der Waals surface area (Å²) in [6.45, 7) is 3.20. The van der Waals surface area contributed by atoms with E-state index in [9.17, 15) is 0 Å².